The first-order valence-corrected chi connectivity index (χ1v) is 6.39. The summed E-state index contributed by atoms with van der Waals surface area (Å²) in [7, 11) is 2.52. The Bertz CT molecular complexity index is 763. The van der Waals surface area contributed by atoms with E-state index < -0.39 is 17.9 Å². The summed E-state index contributed by atoms with van der Waals surface area (Å²) >= 11 is 0. The lowest BCUT2D eigenvalue weighted by molar-refractivity contribution is -0.131. The van der Waals surface area contributed by atoms with Crippen molar-refractivity contribution < 1.29 is 28.6 Å². The number of fused-ring (bicyclic) bond motifs is 1. The zero-order valence-corrected chi connectivity index (χ0v) is 12.3. The third-order valence-corrected chi connectivity index (χ3v) is 3.02. The van der Waals surface area contributed by atoms with E-state index in [1.807, 2.05) is 0 Å². The Labute approximate surface area is 126 Å². The second-order valence-corrected chi connectivity index (χ2v) is 4.49. The van der Waals surface area contributed by atoms with Crippen LogP contribution in [0, 0.1) is 0 Å². The summed E-state index contributed by atoms with van der Waals surface area (Å²) in [6.45, 7) is 1.24. The lowest BCUT2D eigenvalue weighted by Gasteiger charge is -2.10. The van der Waals surface area contributed by atoms with Crippen LogP contribution in [0.15, 0.2) is 30.3 Å². The molecule has 22 heavy (non-hydrogen) atoms. The predicted octanol–water partition coefficient (Wildman–Crippen LogP) is 2.34. The Balaban J connectivity index is 2.63. The zero-order valence-electron chi connectivity index (χ0n) is 12.3. The van der Waals surface area contributed by atoms with Gasteiger partial charge in [-0.25, -0.2) is 9.59 Å². The van der Waals surface area contributed by atoms with Crippen LogP contribution in [0.25, 0.3) is 10.8 Å². The fourth-order valence-electron chi connectivity index (χ4n) is 2.03. The standard InChI is InChI=1S/C16H14O6/c1-9(17)22-14-8-10-4-5-11(15(18)20-2)6-12(10)7-13(14)16(19)21-3/h4-8H,1-3H3. The summed E-state index contributed by atoms with van der Waals surface area (Å²) < 4.78 is 14.4. The molecule has 0 aliphatic heterocycles. The van der Waals surface area contributed by atoms with Crippen molar-refractivity contribution in [3.8, 4) is 5.75 Å². The van der Waals surface area contributed by atoms with E-state index in [9.17, 15) is 14.4 Å². The van der Waals surface area contributed by atoms with E-state index in [-0.39, 0.29) is 11.3 Å². The highest BCUT2D eigenvalue weighted by molar-refractivity contribution is 6.01. The van der Waals surface area contributed by atoms with E-state index in [1.165, 1.54) is 27.2 Å². The minimum atomic E-state index is -0.637. The molecule has 0 aromatic heterocycles. The molecule has 0 saturated heterocycles. The second-order valence-electron chi connectivity index (χ2n) is 4.49. The Morgan fingerprint density at radius 3 is 2.14 bits per heavy atom. The number of benzene rings is 2. The lowest BCUT2D eigenvalue weighted by atomic mass is 10.0. The first-order valence-electron chi connectivity index (χ1n) is 6.39. The van der Waals surface area contributed by atoms with Crippen LogP contribution >= 0.6 is 0 Å². The SMILES string of the molecule is COC(=O)c1ccc2cc(OC(C)=O)c(C(=O)OC)cc2c1. The highest BCUT2D eigenvalue weighted by Crippen LogP contribution is 2.28. The van der Waals surface area contributed by atoms with Crippen molar-refractivity contribution in [3.05, 3.63) is 41.5 Å². The van der Waals surface area contributed by atoms with Crippen LogP contribution in [0.5, 0.6) is 5.75 Å². The number of methoxy groups -OCH3 is 2. The van der Waals surface area contributed by atoms with Gasteiger partial charge in [-0.1, -0.05) is 6.07 Å². The molecule has 6 nitrogen and oxygen atoms in total. The summed E-state index contributed by atoms with van der Waals surface area (Å²) in [5.74, 6) is -1.56. The van der Waals surface area contributed by atoms with Gasteiger partial charge in [0.1, 0.15) is 11.3 Å². The van der Waals surface area contributed by atoms with Crippen LogP contribution < -0.4 is 4.74 Å². The van der Waals surface area contributed by atoms with E-state index in [0.29, 0.717) is 16.3 Å². The van der Waals surface area contributed by atoms with Crippen LogP contribution in [0.4, 0.5) is 0 Å². The first kappa shape index (κ1) is 15.5. The molecule has 0 N–H and O–H groups in total. The molecule has 0 fully saturated rings. The van der Waals surface area contributed by atoms with Gasteiger partial charge in [-0.2, -0.15) is 0 Å². The van der Waals surface area contributed by atoms with Crippen molar-refractivity contribution in [2.24, 2.45) is 0 Å². The van der Waals surface area contributed by atoms with Crippen LogP contribution in [0.3, 0.4) is 0 Å². The minimum Gasteiger partial charge on any atom is -0.465 e. The summed E-state index contributed by atoms with van der Waals surface area (Å²) in [5, 5.41) is 1.33. The van der Waals surface area contributed by atoms with Crippen molar-refractivity contribution in [3.63, 3.8) is 0 Å². The molecule has 0 amide bonds. The molecule has 0 radical (unpaired) electrons. The molecule has 0 spiro atoms. The minimum absolute atomic E-state index is 0.104. The monoisotopic (exact) mass is 302 g/mol. The Morgan fingerprint density at radius 2 is 1.55 bits per heavy atom. The average molecular weight is 302 g/mol. The number of rotatable bonds is 3. The lowest BCUT2D eigenvalue weighted by Crippen LogP contribution is -2.09. The molecule has 0 bridgehead atoms. The molecule has 0 heterocycles. The second kappa shape index (κ2) is 6.26. The normalized spacial score (nSPS) is 10.1. The predicted molar refractivity (Wildman–Crippen MR) is 77.9 cm³/mol. The van der Waals surface area contributed by atoms with E-state index in [2.05, 4.69) is 9.47 Å². The molecule has 0 aliphatic rings. The van der Waals surface area contributed by atoms with Crippen LogP contribution in [-0.4, -0.2) is 32.1 Å². The summed E-state index contributed by atoms with van der Waals surface area (Å²) in [6, 6.07) is 7.90. The third-order valence-electron chi connectivity index (χ3n) is 3.02. The van der Waals surface area contributed by atoms with Crippen molar-refractivity contribution >= 4 is 28.7 Å². The smallest absolute Gasteiger partial charge is 0.341 e. The van der Waals surface area contributed by atoms with Crippen molar-refractivity contribution in [2.45, 2.75) is 6.92 Å². The van der Waals surface area contributed by atoms with Gasteiger partial charge in [0, 0.05) is 6.92 Å². The van der Waals surface area contributed by atoms with Gasteiger partial charge in [0.05, 0.1) is 19.8 Å². The molecular formula is C16H14O6. The Morgan fingerprint density at radius 1 is 0.864 bits per heavy atom. The highest BCUT2D eigenvalue weighted by Gasteiger charge is 2.17. The average Bonchev–Trinajstić information content (AvgIpc) is 2.51. The molecule has 114 valence electrons. The molecule has 2 aromatic carbocycles. The van der Waals surface area contributed by atoms with Gasteiger partial charge >= 0.3 is 17.9 Å². The summed E-state index contributed by atoms with van der Waals surface area (Å²) in [5.41, 5.74) is 0.457. The molecule has 0 aliphatic carbocycles. The topological polar surface area (TPSA) is 78.9 Å². The van der Waals surface area contributed by atoms with Crippen molar-refractivity contribution in [2.75, 3.05) is 14.2 Å². The molecule has 6 heteroatoms. The largest absolute Gasteiger partial charge is 0.465 e. The Kier molecular flexibility index (Phi) is 4.41. The third kappa shape index (κ3) is 3.06. The zero-order chi connectivity index (χ0) is 16.3. The maximum atomic E-state index is 11.8. The Hall–Kier alpha value is -2.89. The molecule has 0 atom stereocenters. The van der Waals surface area contributed by atoms with Crippen LogP contribution in [-0.2, 0) is 14.3 Å². The molecule has 2 aromatic rings. The number of carbonyl (C=O) groups excluding carboxylic acids is 3. The van der Waals surface area contributed by atoms with Crippen molar-refractivity contribution in [1.82, 2.24) is 0 Å². The van der Waals surface area contributed by atoms with Gasteiger partial charge in [-0.05, 0) is 35.0 Å². The van der Waals surface area contributed by atoms with Crippen LogP contribution in [0.1, 0.15) is 27.6 Å². The van der Waals surface area contributed by atoms with Gasteiger partial charge < -0.3 is 14.2 Å². The number of hydrogen-bond donors (Lipinski definition) is 0. The van der Waals surface area contributed by atoms with E-state index in [0.717, 1.165) is 0 Å². The molecule has 0 unspecified atom stereocenters. The van der Waals surface area contributed by atoms with E-state index in [1.54, 1.807) is 24.3 Å². The van der Waals surface area contributed by atoms with Crippen molar-refractivity contribution in [1.29, 1.82) is 0 Å². The quantitative estimate of drug-likeness (QED) is 0.639. The maximum absolute atomic E-state index is 11.8. The van der Waals surface area contributed by atoms with Gasteiger partial charge in [-0.15, -0.1) is 0 Å². The van der Waals surface area contributed by atoms with Gasteiger partial charge in [0.15, 0.2) is 0 Å². The summed E-state index contributed by atoms with van der Waals surface area (Å²) in [6.07, 6.45) is 0. The van der Waals surface area contributed by atoms with Crippen LogP contribution in [0.2, 0.25) is 0 Å². The highest BCUT2D eigenvalue weighted by atomic mass is 16.5. The van der Waals surface area contributed by atoms with Gasteiger partial charge in [-0.3, -0.25) is 4.79 Å². The number of ether oxygens (including phenoxy) is 3. The molecule has 0 saturated carbocycles. The fraction of sp³-hybridized carbons (Fsp3) is 0.188. The fourth-order valence-corrected chi connectivity index (χ4v) is 2.03. The van der Waals surface area contributed by atoms with Gasteiger partial charge in [0.25, 0.3) is 0 Å². The molecular weight excluding hydrogens is 288 g/mol. The number of carbonyl (C=O) groups is 3. The maximum Gasteiger partial charge on any atom is 0.341 e. The number of hydrogen-bond acceptors (Lipinski definition) is 6. The van der Waals surface area contributed by atoms with E-state index in [4.69, 9.17) is 4.74 Å². The summed E-state index contributed by atoms with van der Waals surface area (Å²) in [4.78, 5) is 34.5. The number of esters is 3. The van der Waals surface area contributed by atoms with Gasteiger partial charge in [0.2, 0.25) is 0 Å². The molecule has 2 rings (SSSR count). The van der Waals surface area contributed by atoms with E-state index >= 15 is 0 Å². The first-order chi connectivity index (χ1) is 10.5.